The fourth-order valence-corrected chi connectivity index (χ4v) is 11.7. The number of rotatable bonds is 36. The van der Waals surface area contributed by atoms with Crippen LogP contribution in [0.3, 0.4) is 0 Å². The van der Waals surface area contributed by atoms with Crippen LogP contribution in [0.5, 0.6) is 0 Å². The lowest BCUT2D eigenvalue weighted by Gasteiger charge is -2.28. The molecule has 24 nitrogen and oxygen atoms in total. The van der Waals surface area contributed by atoms with Gasteiger partial charge in [0.15, 0.2) is 0 Å². The highest BCUT2D eigenvalue weighted by Gasteiger charge is 2.38. The van der Waals surface area contributed by atoms with Gasteiger partial charge in [-0.05, 0) is 127 Å². The third kappa shape index (κ3) is 20.4. The van der Waals surface area contributed by atoms with Crippen molar-refractivity contribution in [2.24, 2.45) is 28.7 Å². The molecule has 3 heterocycles. The topological polar surface area (TPSA) is 397 Å². The van der Waals surface area contributed by atoms with Crippen LogP contribution in [0.2, 0.25) is 0 Å². The summed E-state index contributed by atoms with van der Waals surface area (Å²) in [5.41, 5.74) is 31.5. The first-order chi connectivity index (χ1) is 40.1. The maximum Gasteiger partial charge on any atom is 0.256 e. The van der Waals surface area contributed by atoms with E-state index in [1.807, 2.05) is 44.2 Å². The summed E-state index contributed by atoms with van der Waals surface area (Å²) in [4.78, 5) is 137. The number of likely N-dealkylation sites (tertiary alicyclic amines) is 1. The summed E-state index contributed by atoms with van der Waals surface area (Å²) < 4.78 is 0. The number of aromatic nitrogens is 2. The molecule has 1 aliphatic heterocycles. The van der Waals surface area contributed by atoms with E-state index in [2.05, 4.69) is 42.2 Å². The molecule has 2 aromatic heterocycles. The molecule has 2 aromatic carbocycles. The van der Waals surface area contributed by atoms with Crippen LogP contribution in [0.1, 0.15) is 117 Å². The highest BCUT2D eigenvalue weighted by Crippen LogP contribution is 2.27. The number of hydrogen-bond acceptors (Lipinski definition) is 17. The van der Waals surface area contributed by atoms with Crippen LogP contribution in [0.25, 0.3) is 21.8 Å². The van der Waals surface area contributed by atoms with E-state index in [4.69, 9.17) is 33.7 Å². The Balaban J connectivity index is 1.43. The predicted molar refractivity (Wildman–Crippen MR) is 323 cm³/mol. The lowest BCUT2D eigenvalue weighted by molar-refractivity contribution is -0.132. The zero-order valence-electron chi connectivity index (χ0n) is 47.5. The minimum atomic E-state index is -1.58. The molecule has 0 spiro atoms. The molecule has 17 N–H and O–H groups in total. The number of aryl methyl sites for hydroxylation is 2. The van der Waals surface area contributed by atoms with Crippen LogP contribution in [0.15, 0.2) is 60.7 Å². The Bertz CT molecular complexity index is 2870. The molecule has 9 amide bonds. The van der Waals surface area contributed by atoms with Crippen molar-refractivity contribution in [3.8, 4) is 0 Å². The van der Waals surface area contributed by atoms with E-state index in [0.717, 1.165) is 32.5 Å². The highest BCUT2D eigenvalue weighted by molar-refractivity contribution is 8.76. The standard InChI is InChI=1S/C57H83N15O9S2/c1-3-39-37(30-35-16-5-7-18-41(35)65-39)50(74)69-45(32-49(62)73)53(77)70-46(54(78)67-43(20-9-11-23-58)51(75)63-27-14-25-60)33-82-83-34-47(55(79)68-44(21-10-12-24-59)52(76)64-28-15-26-61)71-56(80)48-22-13-29-72(48)57(81)38-31-36-17-6-8-19-42(36)66-40(38)4-2/h5-8,16-19,30-31,43-48H,3-4,9-15,20-29,32-34,58-61H2,1-2H3,(H2,62,73)(H,63,75)(H,64,76)(H,67,78)(H,68,79)(H,69,74)(H,70,77)(H,71,80)/t43-,44-,45-,46-,47-,48-/m0/s1. The number of nitrogens with one attached hydrogen (secondary N) is 7. The Morgan fingerprint density at radius 3 is 1.52 bits per heavy atom. The van der Waals surface area contributed by atoms with Gasteiger partial charge in [0.2, 0.25) is 41.4 Å². The second-order valence-corrected chi connectivity index (χ2v) is 22.7. The number of benzene rings is 2. The largest absolute Gasteiger partial charge is 0.370 e. The molecule has 26 heteroatoms. The second-order valence-electron chi connectivity index (χ2n) is 20.2. The fraction of sp³-hybridized carbons (Fsp3) is 0.526. The number of nitrogens with two attached hydrogens (primary N) is 5. The van der Waals surface area contributed by atoms with Crippen LogP contribution in [0.4, 0.5) is 0 Å². The Morgan fingerprint density at radius 1 is 0.566 bits per heavy atom. The Labute approximate surface area is 492 Å². The van der Waals surface area contributed by atoms with Crippen molar-refractivity contribution >= 4 is 96.6 Å². The maximum atomic E-state index is 14.5. The first-order valence-electron chi connectivity index (χ1n) is 28.6. The SMILES string of the molecule is CCc1nc2ccccc2cc1C(=O)N[C@@H](CC(N)=O)C(=O)N[C@@H](CSSC[C@H](NC(=O)[C@@H]1CCCN1C(=O)c1cc2ccccc2nc1CC)C(=O)N[C@@H](CCCCN)C(=O)NCCCN)C(=O)N[C@@H](CCCCN)C(=O)NCCCN. The van der Waals surface area contributed by atoms with Gasteiger partial charge >= 0.3 is 0 Å². The van der Waals surface area contributed by atoms with Gasteiger partial charge < -0.3 is 70.8 Å². The summed E-state index contributed by atoms with van der Waals surface area (Å²) in [5.74, 6) is -6.42. The molecule has 0 saturated carbocycles. The number of para-hydroxylation sites is 2. The van der Waals surface area contributed by atoms with Crippen LogP contribution < -0.4 is 65.9 Å². The quantitative estimate of drug-likeness (QED) is 0.0220. The minimum Gasteiger partial charge on any atom is -0.370 e. The van der Waals surface area contributed by atoms with Crippen molar-refractivity contribution in [2.45, 2.75) is 134 Å². The third-order valence-electron chi connectivity index (χ3n) is 13.9. The molecule has 6 atom stereocenters. The summed E-state index contributed by atoms with van der Waals surface area (Å²) in [6.07, 6.45) is 4.44. The van der Waals surface area contributed by atoms with E-state index in [1.165, 1.54) is 4.90 Å². The number of carbonyl (C=O) groups excluding carboxylic acids is 9. The fourth-order valence-electron chi connectivity index (χ4n) is 9.40. The first kappa shape index (κ1) is 66.8. The summed E-state index contributed by atoms with van der Waals surface area (Å²) >= 11 is 0. The number of pyridine rings is 2. The van der Waals surface area contributed by atoms with Crippen molar-refractivity contribution in [1.82, 2.24) is 52.1 Å². The van der Waals surface area contributed by atoms with Gasteiger partial charge in [0.05, 0.1) is 40.0 Å². The summed E-state index contributed by atoms with van der Waals surface area (Å²) in [6, 6.07) is 10.6. The lowest BCUT2D eigenvalue weighted by atomic mass is 10.1. The highest BCUT2D eigenvalue weighted by atomic mass is 33.1. The van der Waals surface area contributed by atoms with Crippen molar-refractivity contribution in [2.75, 3.05) is 57.3 Å². The van der Waals surface area contributed by atoms with E-state index in [-0.39, 0.29) is 55.5 Å². The summed E-state index contributed by atoms with van der Waals surface area (Å²) in [6.45, 7) is 5.80. The Kier molecular flexibility index (Phi) is 28.4. The zero-order chi connectivity index (χ0) is 60.3. The van der Waals surface area contributed by atoms with Gasteiger partial charge in [-0.15, -0.1) is 0 Å². The Morgan fingerprint density at radius 2 is 1.02 bits per heavy atom. The van der Waals surface area contributed by atoms with Crippen molar-refractivity contribution < 1.29 is 43.2 Å². The van der Waals surface area contributed by atoms with Crippen LogP contribution in [0, 0.1) is 0 Å². The van der Waals surface area contributed by atoms with Gasteiger partial charge in [-0.3, -0.25) is 53.1 Å². The van der Waals surface area contributed by atoms with Crippen molar-refractivity contribution in [3.63, 3.8) is 0 Å². The molecule has 4 aromatic rings. The van der Waals surface area contributed by atoms with E-state index < -0.39 is 89.9 Å². The molecule has 0 bridgehead atoms. The molecule has 1 aliphatic rings. The molecule has 5 rings (SSSR count). The van der Waals surface area contributed by atoms with Gasteiger partial charge in [0, 0.05) is 41.9 Å². The molecular weight excluding hydrogens is 1100 g/mol. The Hall–Kier alpha value is -6.97. The minimum absolute atomic E-state index is 0.157. The lowest BCUT2D eigenvalue weighted by Crippen LogP contribution is -2.58. The maximum absolute atomic E-state index is 14.5. The molecule has 0 aliphatic carbocycles. The van der Waals surface area contributed by atoms with E-state index in [1.54, 1.807) is 30.3 Å². The number of primary amides is 1. The smallest absolute Gasteiger partial charge is 0.256 e. The van der Waals surface area contributed by atoms with Crippen LogP contribution in [-0.2, 0) is 46.4 Å². The van der Waals surface area contributed by atoms with E-state index >= 15 is 0 Å². The van der Waals surface area contributed by atoms with Crippen molar-refractivity contribution in [1.29, 1.82) is 0 Å². The number of fused-ring (bicyclic) bond motifs is 2. The van der Waals surface area contributed by atoms with Gasteiger partial charge in [-0.2, -0.15) is 0 Å². The van der Waals surface area contributed by atoms with Gasteiger partial charge in [0.25, 0.3) is 11.8 Å². The second kappa shape index (κ2) is 35.2. The van der Waals surface area contributed by atoms with Crippen LogP contribution in [-0.4, -0.2) is 162 Å². The van der Waals surface area contributed by atoms with Crippen LogP contribution >= 0.6 is 21.6 Å². The predicted octanol–water partition coefficient (Wildman–Crippen LogP) is 0.695. The average Bonchev–Trinajstić information content (AvgIpc) is 4.25. The molecule has 1 saturated heterocycles. The molecule has 83 heavy (non-hydrogen) atoms. The summed E-state index contributed by atoms with van der Waals surface area (Å²) in [5, 5.41) is 20.8. The zero-order valence-corrected chi connectivity index (χ0v) is 49.1. The monoisotopic (exact) mass is 1190 g/mol. The normalized spacial score (nSPS) is 14.9. The molecule has 0 radical (unpaired) electrons. The molecule has 452 valence electrons. The molecule has 1 fully saturated rings. The van der Waals surface area contributed by atoms with E-state index in [0.29, 0.717) is 118 Å². The van der Waals surface area contributed by atoms with Crippen molar-refractivity contribution in [3.05, 3.63) is 83.2 Å². The number of nitrogens with zero attached hydrogens (tertiary/aromatic N) is 3. The number of unbranched alkanes of at least 4 members (excludes halogenated alkanes) is 2. The third-order valence-corrected chi connectivity index (χ3v) is 16.4. The van der Waals surface area contributed by atoms with E-state index in [9.17, 15) is 43.2 Å². The average molecular weight is 1190 g/mol. The van der Waals surface area contributed by atoms with Gasteiger partial charge in [0.1, 0.15) is 36.3 Å². The van der Waals surface area contributed by atoms with Gasteiger partial charge in [-0.25, -0.2) is 0 Å². The number of hydrogen-bond donors (Lipinski definition) is 12. The van der Waals surface area contributed by atoms with Gasteiger partial charge in [-0.1, -0.05) is 71.8 Å². The summed E-state index contributed by atoms with van der Waals surface area (Å²) in [7, 11) is 2.08. The first-order valence-corrected chi connectivity index (χ1v) is 31.0. The molecular formula is C57H83N15O9S2. The number of carbonyl (C=O) groups is 9. The number of amides is 9. The molecule has 0 unspecified atom stereocenters.